The van der Waals surface area contributed by atoms with Crippen molar-refractivity contribution in [1.82, 2.24) is 15.5 Å². The molecular formula is C15H29N3O. The van der Waals surface area contributed by atoms with Crippen LogP contribution in [-0.4, -0.2) is 50.1 Å². The summed E-state index contributed by atoms with van der Waals surface area (Å²) in [4.78, 5) is 14.8. The number of likely N-dealkylation sites (tertiary alicyclic amines) is 1. The van der Waals surface area contributed by atoms with Gasteiger partial charge in [0.25, 0.3) is 0 Å². The molecule has 4 nitrogen and oxygen atoms in total. The zero-order chi connectivity index (χ0) is 13.6. The van der Waals surface area contributed by atoms with Crippen molar-refractivity contribution in [1.29, 1.82) is 0 Å². The fraction of sp³-hybridized carbons (Fsp3) is 0.933. The van der Waals surface area contributed by atoms with E-state index in [-0.39, 0.29) is 11.3 Å². The van der Waals surface area contributed by atoms with Crippen LogP contribution in [0, 0.1) is 5.41 Å². The Kier molecular flexibility index (Phi) is 5.64. The molecule has 2 aliphatic rings. The molecule has 1 atom stereocenters. The Balaban J connectivity index is 1.71. The fourth-order valence-electron chi connectivity index (χ4n) is 3.27. The second-order valence-corrected chi connectivity index (χ2v) is 6.07. The molecule has 1 amide bonds. The molecule has 2 rings (SSSR count). The van der Waals surface area contributed by atoms with Gasteiger partial charge in [0.2, 0.25) is 5.91 Å². The van der Waals surface area contributed by atoms with Crippen LogP contribution in [0.5, 0.6) is 0 Å². The highest BCUT2D eigenvalue weighted by Gasteiger charge is 2.39. The van der Waals surface area contributed by atoms with Gasteiger partial charge in [-0.25, -0.2) is 0 Å². The standard InChI is InChI=1S/C15H29N3O/c1-2-15(7-8-16-13-15)14(19)17-9-12-18-10-5-3-4-6-11-18/h16H,2-13H2,1H3,(H,17,19). The Labute approximate surface area is 117 Å². The van der Waals surface area contributed by atoms with E-state index in [0.29, 0.717) is 0 Å². The second-order valence-electron chi connectivity index (χ2n) is 6.07. The number of amides is 1. The van der Waals surface area contributed by atoms with Gasteiger partial charge in [0, 0.05) is 19.6 Å². The van der Waals surface area contributed by atoms with Gasteiger partial charge >= 0.3 is 0 Å². The molecule has 110 valence electrons. The number of nitrogens with one attached hydrogen (secondary N) is 2. The van der Waals surface area contributed by atoms with E-state index in [1.807, 2.05) is 0 Å². The lowest BCUT2D eigenvalue weighted by Crippen LogP contribution is -2.44. The molecule has 0 saturated carbocycles. The largest absolute Gasteiger partial charge is 0.354 e. The van der Waals surface area contributed by atoms with Crippen molar-refractivity contribution in [2.24, 2.45) is 5.41 Å². The molecule has 2 N–H and O–H groups in total. The van der Waals surface area contributed by atoms with E-state index in [1.54, 1.807) is 0 Å². The van der Waals surface area contributed by atoms with Crippen molar-refractivity contribution in [2.45, 2.75) is 45.4 Å². The molecule has 0 bridgehead atoms. The van der Waals surface area contributed by atoms with Gasteiger partial charge in [0.15, 0.2) is 0 Å². The van der Waals surface area contributed by atoms with Crippen molar-refractivity contribution < 1.29 is 4.79 Å². The molecule has 19 heavy (non-hydrogen) atoms. The summed E-state index contributed by atoms with van der Waals surface area (Å²) in [6, 6.07) is 0. The van der Waals surface area contributed by atoms with Crippen molar-refractivity contribution in [2.75, 3.05) is 39.3 Å². The zero-order valence-electron chi connectivity index (χ0n) is 12.3. The lowest BCUT2D eigenvalue weighted by molar-refractivity contribution is -0.130. The highest BCUT2D eigenvalue weighted by Crippen LogP contribution is 2.29. The van der Waals surface area contributed by atoms with E-state index < -0.39 is 0 Å². The SMILES string of the molecule is CCC1(C(=O)NCCN2CCCCCC2)CCNC1. The maximum atomic E-state index is 12.3. The summed E-state index contributed by atoms with van der Waals surface area (Å²) < 4.78 is 0. The van der Waals surface area contributed by atoms with Crippen LogP contribution >= 0.6 is 0 Å². The maximum Gasteiger partial charge on any atom is 0.227 e. The average Bonchev–Trinajstić information content (AvgIpc) is 2.78. The molecule has 0 aromatic carbocycles. The minimum atomic E-state index is -0.140. The minimum Gasteiger partial charge on any atom is -0.354 e. The highest BCUT2D eigenvalue weighted by atomic mass is 16.2. The van der Waals surface area contributed by atoms with Gasteiger partial charge in [0.05, 0.1) is 5.41 Å². The summed E-state index contributed by atoms with van der Waals surface area (Å²) in [6.45, 7) is 8.18. The lowest BCUT2D eigenvalue weighted by atomic mass is 9.83. The van der Waals surface area contributed by atoms with Gasteiger partial charge in [-0.15, -0.1) is 0 Å². The van der Waals surface area contributed by atoms with Crippen molar-refractivity contribution in [3.05, 3.63) is 0 Å². The van der Waals surface area contributed by atoms with Crippen molar-refractivity contribution in [3.8, 4) is 0 Å². The number of carbonyl (C=O) groups is 1. The number of nitrogens with zero attached hydrogens (tertiary/aromatic N) is 1. The maximum absolute atomic E-state index is 12.3. The Morgan fingerprint density at radius 1 is 1.26 bits per heavy atom. The third kappa shape index (κ3) is 3.93. The lowest BCUT2D eigenvalue weighted by Gasteiger charge is -2.26. The molecule has 0 aliphatic carbocycles. The van der Waals surface area contributed by atoms with Crippen molar-refractivity contribution >= 4 is 5.91 Å². The normalized spacial score (nSPS) is 29.1. The summed E-state index contributed by atoms with van der Waals surface area (Å²) >= 11 is 0. The molecule has 0 spiro atoms. The Bertz CT molecular complexity index is 279. The molecule has 0 aromatic heterocycles. The van der Waals surface area contributed by atoms with E-state index >= 15 is 0 Å². The minimum absolute atomic E-state index is 0.140. The first kappa shape index (κ1) is 14.8. The fourth-order valence-corrected chi connectivity index (χ4v) is 3.27. The Morgan fingerprint density at radius 2 is 2.00 bits per heavy atom. The van der Waals surface area contributed by atoms with Gasteiger partial charge in [-0.05, 0) is 45.3 Å². The second kappa shape index (κ2) is 7.25. The third-order valence-electron chi connectivity index (χ3n) is 4.81. The van der Waals surface area contributed by atoms with Crippen LogP contribution in [-0.2, 0) is 4.79 Å². The van der Waals surface area contributed by atoms with E-state index in [4.69, 9.17) is 0 Å². The van der Waals surface area contributed by atoms with Gasteiger partial charge < -0.3 is 15.5 Å². The number of carbonyl (C=O) groups excluding carboxylic acids is 1. The summed E-state index contributed by atoms with van der Waals surface area (Å²) in [6.07, 6.45) is 7.29. The zero-order valence-corrected chi connectivity index (χ0v) is 12.3. The summed E-state index contributed by atoms with van der Waals surface area (Å²) in [7, 11) is 0. The van der Waals surface area contributed by atoms with Crippen LogP contribution in [0.4, 0.5) is 0 Å². The van der Waals surface area contributed by atoms with E-state index in [0.717, 1.165) is 39.0 Å². The van der Waals surface area contributed by atoms with Crippen LogP contribution in [0.15, 0.2) is 0 Å². The van der Waals surface area contributed by atoms with Crippen LogP contribution in [0.2, 0.25) is 0 Å². The number of hydrogen-bond acceptors (Lipinski definition) is 3. The topological polar surface area (TPSA) is 44.4 Å². The molecule has 1 unspecified atom stereocenters. The summed E-state index contributed by atoms with van der Waals surface area (Å²) in [5.41, 5.74) is -0.140. The van der Waals surface area contributed by atoms with Crippen LogP contribution in [0.3, 0.4) is 0 Å². The third-order valence-corrected chi connectivity index (χ3v) is 4.81. The molecule has 0 radical (unpaired) electrons. The molecule has 2 heterocycles. The van der Waals surface area contributed by atoms with E-state index in [9.17, 15) is 4.79 Å². The Morgan fingerprint density at radius 3 is 2.58 bits per heavy atom. The highest BCUT2D eigenvalue weighted by molar-refractivity contribution is 5.83. The van der Waals surface area contributed by atoms with Gasteiger partial charge in [-0.2, -0.15) is 0 Å². The Hall–Kier alpha value is -0.610. The summed E-state index contributed by atoms with van der Waals surface area (Å²) in [5, 5.41) is 6.49. The molecule has 4 heteroatoms. The van der Waals surface area contributed by atoms with Gasteiger partial charge in [-0.1, -0.05) is 19.8 Å². The van der Waals surface area contributed by atoms with E-state index in [1.165, 1.54) is 38.8 Å². The van der Waals surface area contributed by atoms with Gasteiger partial charge in [-0.3, -0.25) is 4.79 Å². The first-order valence-corrected chi connectivity index (χ1v) is 7.98. The molecule has 2 saturated heterocycles. The molecule has 2 fully saturated rings. The molecule has 0 aromatic rings. The van der Waals surface area contributed by atoms with Gasteiger partial charge in [0.1, 0.15) is 0 Å². The van der Waals surface area contributed by atoms with Crippen LogP contribution in [0.1, 0.15) is 45.4 Å². The first-order valence-electron chi connectivity index (χ1n) is 7.98. The van der Waals surface area contributed by atoms with Crippen LogP contribution in [0.25, 0.3) is 0 Å². The van der Waals surface area contributed by atoms with E-state index in [2.05, 4.69) is 22.5 Å². The van der Waals surface area contributed by atoms with Crippen molar-refractivity contribution in [3.63, 3.8) is 0 Å². The smallest absolute Gasteiger partial charge is 0.227 e. The molecule has 2 aliphatic heterocycles. The number of hydrogen-bond donors (Lipinski definition) is 2. The number of rotatable bonds is 5. The first-order chi connectivity index (χ1) is 9.27. The van der Waals surface area contributed by atoms with Crippen LogP contribution < -0.4 is 10.6 Å². The predicted octanol–water partition coefficient (Wildman–Crippen LogP) is 1.37. The predicted molar refractivity (Wildman–Crippen MR) is 78.1 cm³/mol. The molecular weight excluding hydrogens is 238 g/mol. The summed E-state index contributed by atoms with van der Waals surface area (Å²) in [5.74, 6) is 0.259. The monoisotopic (exact) mass is 267 g/mol. The quantitative estimate of drug-likeness (QED) is 0.791. The average molecular weight is 267 g/mol.